The van der Waals surface area contributed by atoms with Gasteiger partial charge in [0.2, 0.25) is 0 Å². The lowest BCUT2D eigenvalue weighted by Gasteiger charge is -2.26. The minimum absolute atomic E-state index is 0.273. The summed E-state index contributed by atoms with van der Waals surface area (Å²) in [5, 5.41) is 8.76. The van der Waals surface area contributed by atoms with Gasteiger partial charge < -0.3 is 5.11 Å². The number of hydrogen-bond donors (Lipinski definition) is 1. The summed E-state index contributed by atoms with van der Waals surface area (Å²) in [4.78, 5) is 12.9. The van der Waals surface area contributed by atoms with Crippen LogP contribution in [0.2, 0.25) is 0 Å². The molecule has 100 valence electrons. The maximum atomic E-state index is 13.5. The van der Waals surface area contributed by atoms with Gasteiger partial charge in [-0.15, -0.1) is 0 Å². The summed E-state index contributed by atoms with van der Waals surface area (Å²) >= 11 is 0. The van der Waals surface area contributed by atoms with Gasteiger partial charge in [-0.05, 0) is 44.5 Å². The summed E-state index contributed by atoms with van der Waals surface area (Å²) in [5.41, 5.74) is 0.532. The van der Waals surface area contributed by atoms with Crippen molar-refractivity contribution in [3.63, 3.8) is 0 Å². The van der Waals surface area contributed by atoms with Crippen molar-refractivity contribution in [2.75, 3.05) is 6.54 Å². The number of halogens is 1. The summed E-state index contributed by atoms with van der Waals surface area (Å²) in [7, 11) is 0. The number of nitrogens with zero attached hydrogens (tertiary/aromatic N) is 1. The first kappa shape index (κ1) is 14.6. The van der Waals surface area contributed by atoms with Crippen LogP contribution in [0, 0.1) is 5.82 Å². The van der Waals surface area contributed by atoms with Crippen LogP contribution in [-0.4, -0.2) is 28.6 Å². The average molecular weight is 253 g/mol. The fourth-order valence-corrected chi connectivity index (χ4v) is 1.87. The molecule has 0 heterocycles. The zero-order valence-corrected chi connectivity index (χ0v) is 11.1. The topological polar surface area (TPSA) is 40.5 Å². The molecule has 0 aliphatic rings. The van der Waals surface area contributed by atoms with Crippen LogP contribution in [0.25, 0.3) is 0 Å². The molecular formula is C14H20FNO2. The first-order valence-corrected chi connectivity index (χ1v) is 6.21. The highest BCUT2D eigenvalue weighted by molar-refractivity contribution is 5.87. The van der Waals surface area contributed by atoms with E-state index in [0.29, 0.717) is 12.6 Å². The van der Waals surface area contributed by atoms with Crippen molar-refractivity contribution in [2.45, 2.75) is 39.8 Å². The Labute approximate surface area is 107 Å². The highest BCUT2D eigenvalue weighted by atomic mass is 19.1. The average Bonchev–Trinajstić information content (AvgIpc) is 2.27. The predicted octanol–water partition coefficient (Wildman–Crippen LogP) is 3.14. The standard InChI is InChI=1S/C14H20FNO2/c1-4-7-16(10(2)3)9-11-5-6-12(14(17)18)13(15)8-11/h5-6,8,10H,4,7,9H2,1-3H3,(H,17,18). The van der Waals surface area contributed by atoms with Gasteiger partial charge in [-0.2, -0.15) is 0 Å². The molecule has 1 aromatic carbocycles. The molecule has 1 aromatic rings. The molecule has 0 bridgehead atoms. The molecule has 18 heavy (non-hydrogen) atoms. The molecule has 0 amide bonds. The zero-order chi connectivity index (χ0) is 13.7. The molecule has 0 aliphatic carbocycles. The fraction of sp³-hybridized carbons (Fsp3) is 0.500. The van der Waals surface area contributed by atoms with Crippen LogP contribution in [0.4, 0.5) is 4.39 Å². The first-order chi connectivity index (χ1) is 8.45. The quantitative estimate of drug-likeness (QED) is 0.846. The van der Waals surface area contributed by atoms with Crippen LogP contribution in [0.1, 0.15) is 43.1 Å². The Bertz CT molecular complexity index is 418. The SMILES string of the molecule is CCCN(Cc1ccc(C(=O)O)c(F)c1)C(C)C. The highest BCUT2D eigenvalue weighted by Gasteiger charge is 2.13. The Hall–Kier alpha value is -1.42. The Morgan fingerprint density at radius 2 is 2.11 bits per heavy atom. The number of carboxylic acids is 1. The van der Waals surface area contributed by atoms with Crippen LogP contribution in [0.15, 0.2) is 18.2 Å². The van der Waals surface area contributed by atoms with Crippen molar-refractivity contribution in [3.05, 3.63) is 35.1 Å². The first-order valence-electron chi connectivity index (χ1n) is 6.21. The molecular weight excluding hydrogens is 233 g/mol. The molecule has 0 saturated carbocycles. The van der Waals surface area contributed by atoms with Crippen molar-refractivity contribution >= 4 is 5.97 Å². The maximum absolute atomic E-state index is 13.5. The summed E-state index contributed by atoms with van der Waals surface area (Å²) in [6, 6.07) is 4.70. The van der Waals surface area contributed by atoms with Gasteiger partial charge in [0, 0.05) is 12.6 Å². The second kappa shape index (κ2) is 6.50. The summed E-state index contributed by atoms with van der Waals surface area (Å²) in [5.74, 6) is -1.89. The second-order valence-corrected chi connectivity index (χ2v) is 4.68. The lowest BCUT2D eigenvalue weighted by molar-refractivity contribution is 0.0692. The molecule has 0 unspecified atom stereocenters. The largest absolute Gasteiger partial charge is 0.478 e. The van der Waals surface area contributed by atoms with Crippen LogP contribution in [0.3, 0.4) is 0 Å². The van der Waals surface area contributed by atoms with Crippen LogP contribution in [0.5, 0.6) is 0 Å². The zero-order valence-electron chi connectivity index (χ0n) is 11.1. The molecule has 1 rings (SSSR count). The van der Waals surface area contributed by atoms with Gasteiger partial charge in [0.15, 0.2) is 0 Å². The minimum atomic E-state index is -1.23. The van der Waals surface area contributed by atoms with E-state index in [-0.39, 0.29) is 5.56 Å². The molecule has 0 spiro atoms. The smallest absolute Gasteiger partial charge is 0.338 e. The monoisotopic (exact) mass is 253 g/mol. The number of carboxylic acid groups (broad SMARTS) is 1. The van der Waals surface area contributed by atoms with Gasteiger partial charge >= 0.3 is 5.97 Å². The van der Waals surface area contributed by atoms with Gasteiger partial charge in [-0.1, -0.05) is 13.0 Å². The van der Waals surface area contributed by atoms with E-state index < -0.39 is 11.8 Å². The Morgan fingerprint density at radius 3 is 2.56 bits per heavy atom. The number of benzene rings is 1. The Kier molecular flexibility index (Phi) is 5.28. The van der Waals surface area contributed by atoms with Crippen LogP contribution >= 0.6 is 0 Å². The maximum Gasteiger partial charge on any atom is 0.338 e. The van der Waals surface area contributed by atoms with Crippen LogP contribution < -0.4 is 0 Å². The number of carbonyl (C=O) groups is 1. The van der Waals surface area contributed by atoms with Crippen molar-refractivity contribution in [1.29, 1.82) is 0 Å². The summed E-state index contributed by atoms with van der Waals surface area (Å²) < 4.78 is 13.5. The molecule has 0 radical (unpaired) electrons. The normalized spacial score (nSPS) is 11.2. The van der Waals surface area contributed by atoms with Crippen molar-refractivity contribution < 1.29 is 14.3 Å². The molecule has 0 saturated heterocycles. The van der Waals surface area contributed by atoms with E-state index >= 15 is 0 Å². The third-order valence-electron chi connectivity index (χ3n) is 2.89. The Balaban J connectivity index is 2.84. The van der Waals surface area contributed by atoms with E-state index in [1.165, 1.54) is 12.1 Å². The van der Waals surface area contributed by atoms with Gasteiger partial charge in [0.25, 0.3) is 0 Å². The Morgan fingerprint density at radius 1 is 1.44 bits per heavy atom. The number of aromatic carboxylic acids is 1. The van der Waals surface area contributed by atoms with E-state index in [1.54, 1.807) is 6.07 Å². The summed E-state index contributed by atoms with van der Waals surface area (Å²) in [6.07, 6.45) is 1.04. The fourth-order valence-electron chi connectivity index (χ4n) is 1.87. The van der Waals surface area contributed by atoms with Crippen molar-refractivity contribution in [3.8, 4) is 0 Å². The van der Waals surface area contributed by atoms with E-state index in [0.717, 1.165) is 18.5 Å². The third-order valence-corrected chi connectivity index (χ3v) is 2.89. The molecule has 0 aliphatic heterocycles. The molecule has 0 fully saturated rings. The van der Waals surface area contributed by atoms with Gasteiger partial charge in [-0.25, -0.2) is 9.18 Å². The lowest BCUT2D eigenvalue weighted by atomic mass is 10.1. The van der Waals surface area contributed by atoms with E-state index in [1.807, 2.05) is 0 Å². The second-order valence-electron chi connectivity index (χ2n) is 4.68. The van der Waals surface area contributed by atoms with Crippen molar-refractivity contribution in [1.82, 2.24) is 4.90 Å². The lowest BCUT2D eigenvalue weighted by Crippen LogP contribution is -2.31. The molecule has 3 nitrogen and oxygen atoms in total. The van der Waals surface area contributed by atoms with Gasteiger partial charge in [0.05, 0.1) is 5.56 Å². The van der Waals surface area contributed by atoms with E-state index in [4.69, 9.17) is 5.11 Å². The minimum Gasteiger partial charge on any atom is -0.478 e. The van der Waals surface area contributed by atoms with Gasteiger partial charge in [-0.3, -0.25) is 4.90 Å². The van der Waals surface area contributed by atoms with E-state index in [2.05, 4.69) is 25.7 Å². The highest BCUT2D eigenvalue weighted by Crippen LogP contribution is 2.14. The molecule has 0 aromatic heterocycles. The van der Waals surface area contributed by atoms with Crippen molar-refractivity contribution in [2.24, 2.45) is 0 Å². The molecule has 4 heteroatoms. The molecule has 1 N–H and O–H groups in total. The van der Waals surface area contributed by atoms with Gasteiger partial charge in [0.1, 0.15) is 5.82 Å². The summed E-state index contributed by atoms with van der Waals surface area (Å²) in [6.45, 7) is 7.88. The predicted molar refractivity (Wildman–Crippen MR) is 69.2 cm³/mol. The third kappa shape index (κ3) is 3.81. The van der Waals surface area contributed by atoms with E-state index in [9.17, 15) is 9.18 Å². The molecule has 0 atom stereocenters. The number of rotatable bonds is 6. The van der Waals surface area contributed by atoms with Crippen LogP contribution in [-0.2, 0) is 6.54 Å². The number of hydrogen-bond acceptors (Lipinski definition) is 2.